The monoisotopic (exact) mass is 381 g/mol. The number of aryl methyl sites for hydroxylation is 1. The van der Waals surface area contributed by atoms with Gasteiger partial charge >= 0.3 is 5.97 Å². The molecule has 1 aromatic rings. The van der Waals surface area contributed by atoms with Crippen LogP contribution in [0.5, 0.6) is 0 Å². The van der Waals surface area contributed by atoms with Gasteiger partial charge in [-0.2, -0.15) is 0 Å². The highest BCUT2D eigenvalue weighted by Gasteiger charge is 2.31. The molecule has 1 heterocycles. The molecule has 2 rings (SSSR count). The van der Waals surface area contributed by atoms with Crippen LogP contribution in [0.25, 0.3) is 0 Å². The first-order valence-corrected chi connectivity index (χ1v) is 10.9. The van der Waals surface area contributed by atoms with Crippen molar-refractivity contribution in [3.63, 3.8) is 0 Å². The summed E-state index contributed by atoms with van der Waals surface area (Å²) in [5.74, 6) is -0.874. The fourth-order valence-electron chi connectivity index (χ4n) is 3.27. The number of sulfone groups is 1. The van der Waals surface area contributed by atoms with Crippen LogP contribution in [0.3, 0.4) is 0 Å². The van der Waals surface area contributed by atoms with Gasteiger partial charge in [-0.1, -0.05) is 13.0 Å². The maximum atomic E-state index is 12.7. The molecule has 6 nitrogen and oxygen atoms in total. The number of rotatable bonds is 5. The highest BCUT2D eigenvalue weighted by molar-refractivity contribution is 7.90. The van der Waals surface area contributed by atoms with Gasteiger partial charge in [-0.05, 0) is 57.2 Å². The Kier molecular flexibility index (Phi) is 6.44. The molecule has 1 amide bonds. The molecule has 1 fully saturated rings. The van der Waals surface area contributed by atoms with Crippen molar-refractivity contribution >= 4 is 21.7 Å². The largest absolute Gasteiger partial charge is 0.449 e. The van der Waals surface area contributed by atoms with E-state index in [0.717, 1.165) is 31.9 Å². The van der Waals surface area contributed by atoms with Crippen molar-refractivity contribution in [3.05, 3.63) is 29.3 Å². The van der Waals surface area contributed by atoms with Gasteiger partial charge in [0.1, 0.15) is 0 Å². The number of amides is 1. The summed E-state index contributed by atoms with van der Waals surface area (Å²) in [6.45, 7) is 6.00. The first-order chi connectivity index (χ1) is 12.1. The summed E-state index contributed by atoms with van der Waals surface area (Å²) >= 11 is 0. The number of hydrogen-bond donors (Lipinski definition) is 0. The highest BCUT2D eigenvalue weighted by atomic mass is 32.2. The van der Waals surface area contributed by atoms with Crippen molar-refractivity contribution in [3.8, 4) is 0 Å². The van der Waals surface area contributed by atoms with Gasteiger partial charge < -0.3 is 9.64 Å². The molecule has 1 saturated heterocycles. The van der Waals surface area contributed by atoms with Crippen molar-refractivity contribution in [2.75, 3.05) is 12.8 Å². The SMILES string of the molecule is CC[C@H]1CCCCN1C(=O)[C@H](C)OC(=O)c1cc(S(C)(=O)=O)ccc1C. The summed E-state index contributed by atoms with van der Waals surface area (Å²) < 4.78 is 28.8. The van der Waals surface area contributed by atoms with Gasteiger partial charge in [0.2, 0.25) is 0 Å². The molecule has 0 radical (unpaired) electrons. The maximum absolute atomic E-state index is 12.7. The number of esters is 1. The number of nitrogens with zero attached hydrogens (tertiary/aromatic N) is 1. The number of likely N-dealkylation sites (tertiary alicyclic amines) is 1. The second kappa shape index (κ2) is 8.20. The van der Waals surface area contributed by atoms with Gasteiger partial charge in [0.15, 0.2) is 15.9 Å². The van der Waals surface area contributed by atoms with Crippen LogP contribution in [0.2, 0.25) is 0 Å². The molecule has 1 aliphatic heterocycles. The predicted octanol–water partition coefficient (Wildman–Crippen LogP) is 2.73. The zero-order chi connectivity index (χ0) is 19.5. The standard InChI is InChI=1S/C19H27NO5S/c1-5-15-8-6-7-11-20(15)18(21)14(3)25-19(22)17-12-16(26(4,23)24)10-9-13(17)2/h9-10,12,14-15H,5-8,11H2,1-4H3/t14-,15-/m0/s1. The lowest BCUT2D eigenvalue weighted by atomic mass is 9.99. The molecular formula is C19H27NO5S. The van der Waals surface area contributed by atoms with Crippen LogP contribution in [0.4, 0.5) is 0 Å². The molecule has 144 valence electrons. The molecule has 0 N–H and O–H groups in total. The zero-order valence-electron chi connectivity index (χ0n) is 15.8. The van der Waals surface area contributed by atoms with Crippen LogP contribution in [0, 0.1) is 6.92 Å². The number of carbonyl (C=O) groups excluding carboxylic acids is 2. The van der Waals surface area contributed by atoms with E-state index in [1.165, 1.54) is 12.1 Å². The average Bonchev–Trinajstić information content (AvgIpc) is 2.60. The van der Waals surface area contributed by atoms with Crippen molar-refractivity contribution in [2.45, 2.75) is 63.5 Å². The summed E-state index contributed by atoms with van der Waals surface area (Å²) in [6.07, 6.45) is 4.09. The Hall–Kier alpha value is -1.89. The van der Waals surface area contributed by atoms with Crippen molar-refractivity contribution in [1.29, 1.82) is 0 Å². The summed E-state index contributed by atoms with van der Waals surface area (Å²) in [5.41, 5.74) is 0.768. The molecule has 0 unspecified atom stereocenters. The number of hydrogen-bond acceptors (Lipinski definition) is 5. The Morgan fingerprint density at radius 1 is 1.31 bits per heavy atom. The topological polar surface area (TPSA) is 80.8 Å². The minimum atomic E-state index is -3.43. The van der Waals surface area contributed by atoms with Gasteiger partial charge in [-0.25, -0.2) is 13.2 Å². The molecule has 2 atom stereocenters. The Bertz CT molecular complexity index is 787. The lowest BCUT2D eigenvalue weighted by Gasteiger charge is -2.36. The van der Waals surface area contributed by atoms with Crippen molar-refractivity contribution < 1.29 is 22.7 Å². The Labute approximate surface area is 155 Å². The molecular weight excluding hydrogens is 354 g/mol. The van der Waals surface area contributed by atoms with E-state index >= 15 is 0 Å². The lowest BCUT2D eigenvalue weighted by molar-refractivity contribution is -0.143. The highest BCUT2D eigenvalue weighted by Crippen LogP contribution is 2.22. The van der Waals surface area contributed by atoms with Crippen LogP contribution in [0.1, 0.15) is 55.5 Å². The van der Waals surface area contributed by atoms with Crippen LogP contribution in [0.15, 0.2) is 23.1 Å². The Morgan fingerprint density at radius 2 is 2.00 bits per heavy atom. The molecule has 0 saturated carbocycles. The molecule has 1 aliphatic rings. The second-order valence-electron chi connectivity index (χ2n) is 6.89. The quantitative estimate of drug-likeness (QED) is 0.733. The number of ether oxygens (including phenoxy) is 1. The summed E-state index contributed by atoms with van der Waals surface area (Å²) in [4.78, 5) is 27.1. The predicted molar refractivity (Wildman–Crippen MR) is 98.8 cm³/mol. The van der Waals surface area contributed by atoms with E-state index in [4.69, 9.17) is 4.74 Å². The average molecular weight is 381 g/mol. The van der Waals surface area contributed by atoms with Gasteiger partial charge in [0, 0.05) is 18.8 Å². The first kappa shape index (κ1) is 20.4. The first-order valence-electron chi connectivity index (χ1n) is 8.97. The molecule has 0 spiro atoms. The summed E-state index contributed by atoms with van der Waals surface area (Å²) in [5, 5.41) is 0. The normalized spacial score (nSPS) is 19.1. The molecule has 1 aromatic carbocycles. The molecule has 0 aliphatic carbocycles. The minimum Gasteiger partial charge on any atom is -0.449 e. The van der Waals surface area contributed by atoms with E-state index in [1.807, 2.05) is 6.92 Å². The van der Waals surface area contributed by atoms with E-state index in [9.17, 15) is 18.0 Å². The summed E-state index contributed by atoms with van der Waals surface area (Å²) in [6, 6.07) is 4.51. The summed E-state index contributed by atoms with van der Waals surface area (Å²) in [7, 11) is -3.43. The van der Waals surface area contributed by atoms with E-state index in [2.05, 4.69) is 0 Å². The van der Waals surface area contributed by atoms with E-state index in [-0.39, 0.29) is 22.4 Å². The Morgan fingerprint density at radius 3 is 2.62 bits per heavy atom. The van der Waals surface area contributed by atoms with Gasteiger partial charge in [-0.3, -0.25) is 4.79 Å². The fraction of sp³-hybridized carbons (Fsp3) is 0.579. The number of piperidine rings is 1. The van der Waals surface area contributed by atoms with E-state index in [0.29, 0.717) is 12.1 Å². The van der Waals surface area contributed by atoms with E-state index < -0.39 is 21.9 Å². The molecule has 0 aromatic heterocycles. The third kappa shape index (κ3) is 4.63. The third-order valence-corrected chi connectivity index (χ3v) is 5.98. The second-order valence-corrected chi connectivity index (χ2v) is 8.90. The Balaban J connectivity index is 2.15. The van der Waals surface area contributed by atoms with Gasteiger partial charge in [0.05, 0.1) is 10.5 Å². The van der Waals surface area contributed by atoms with Gasteiger partial charge in [-0.15, -0.1) is 0 Å². The molecule has 26 heavy (non-hydrogen) atoms. The van der Waals surface area contributed by atoms with Crippen molar-refractivity contribution in [1.82, 2.24) is 4.90 Å². The molecule has 7 heteroatoms. The van der Waals surface area contributed by atoms with Crippen LogP contribution in [-0.2, 0) is 19.4 Å². The zero-order valence-corrected chi connectivity index (χ0v) is 16.6. The molecule has 0 bridgehead atoms. The third-order valence-electron chi connectivity index (χ3n) is 4.87. The van der Waals surface area contributed by atoms with Gasteiger partial charge in [0.25, 0.3) is 5.91 Å². The van der Waals surface area contributed by atoms with Crippen LogP contribution >= 0.6 is 0 Å². The number of benzene rings is 1. The fourth-order valence-corrected chi connectivity index (χ4v) is 3.92. The minimum absolute atomic E-state index is 0.0520. The van der Waals surface area contributed by atoms with Crippen LogP contribution < -0.4 is 0 Å². The van der Waals surface area contributed by atoms with Crippen LogP contribution in [-0.4, -0.2) is 50.1 Å². The lowest BCUT2D eigenvalue weighted by Crippen LogP contribution is -2.48. The van der Waals surface area contributed by atoms with Crippen molar-refractivity contribution in [2.24, 2.45) is 0 Å². The smallest absolute Gasteiger partial charge is 0.339 e. The maximum Gasteiger partial charge on any atom is 0.339 e. The number of carbonyl (C=O) groups is 2. The van der Waals surface area contributed by atoms with E-state index in [1.54, 1.807) is 24.8 Å².